The summed E-state index contributed by atoms with van der Waals surface area (Å²) >= 11 is 0. The highest BCUT2D eigenvalue weighted by atomic mass is 19.2. The van der Waals surface area contributed by atoms with Crippen molar-refractivity contribution in [2.45, 2.75) is 6.54 Å². The van der Waals surface area contributed by atoms with Gasteiger partial charge < -0.3 is 15.1 Å². The first-order valence-electron chi connectivity index (χ1n) is 7.70. The van der Waals surface area contributed by atoms with E-state index in [4.69, 9.17) is 4.42 Å². The molecule has 26 heavy (non-hydrogen) atoms. The molecule has 0 unspecified atom stereocenters. The normalized spacial score (nSPS) is 10.4. The van der Waals surface area contributed by atoms with E-state index in [0.717, 1.165) is 17.7 Å². The average Bonchev–Trinajstić information content (AvgIpc) is 3.18. The fourth-order valence-corrected chi connectivity index (χ4v) is 2.23. The van der Waals surface area contributed by atoms with Crippen LogP contribution < -0.4 is 10.6 Å². The van der Waals surface area contributed by atoms with Gasteiger partial charge in [-0.05, 0) is 48.0 Å². The predicted octanol–water partition coefficient (Wildman–Crippen LogP) is 3.74. The molecule has 1 aromatic heterocycles. The first kappa shape index (κ1) is 17.3. The van der Waals surface area contributed by atoms with E-state index in [1.165, 1.54) is 12.3 Å². The molecule has 0 aliphatic heterocycles. The van der Waals surface area contributed by atoms with Gasteiger partial charge in [-0.25, -0.2) is 8.78 Å². The minimum Gasteiger partial charge on any atom is -0.459 e. The number of rotatable bonds is 5. The number of amides is 2. The Balaban J connectivity index is 1.56. The summed E-state index contributed by atoms with van der Waals surface area (Å²) in [5, 5.41) is 5.29. The smallest absolute Gasteiger partial charge is 0.291 e. The van der Waals surface area contributed by atoms with E-state index >= 15 is 0 Å². The number of hydrogen-bond acceptors (Lipinski definition) is 3. The summed E-state index contributed by atoms with van der Waals surface area (Å²) in [6, 6.07) is 12.9. The van der Waals surface area contributed by atoms with E-state index in [-0.39, 0.29) is 23.8 Å². The summed E-state index contributed by atoms with van der Waals surface area (Å²) < 4.78 is 31.0. The molecule has 0 saturated carbocycles. The molecule has 3 rings (SSSR count). The van der Waals surface area contributed by atoms with Crippen LogP contribution >= 0.6 is 0 Å². The topological polar surface area (TPSA) is 71.3 Å². The van der Waals surface area contributed by atoms with E-state index < -0.39 is 17.5 Å². The van der Waals surface area contributed by atoms with Crippen LogP contribution in [0.3, 0.4) is 0 Å². The maximum Gasteiger partial charge on any atom is 0.291 e. The Bertz CT molecular complexity index is 922. The molecule has 0 aliphatic carbocycles. The summed E-state index contributed by atoms with van der Waals surface area (Å²) in [6.07, 6.45) is 1.41. The zero-order valence-corrected chi connectivity index (χ0v) is 13.5. The molecule has 3 aromatic rings. The summed E-state index contributed by atoms with van der Waals surface area (Å²) in [4.78, 5) is 23.8. The number of benzene rings is 2. The van der Waals surface area contributed by atoms with Crippen molar-refractivity contribution >= 4 is 17.5 Å². The molecule has 2 N–H and O–H groups in total. The molecule has 2 aromatic carbocycles. The molecule has 2 amide bonds. The van der Waals surface area contributed by atoms with Gasteiger partial charge in [0.25, 0.3) is 11.8 Å². The summed E-state index contributed by atoms with van der Waals surface area (Å²) in [5.74, 6) is -2.76. The van der Waals surface area contributed by atoms with Gasteiger partial charge in [-0.1, -0.05) is 12.1 Å². The summed E-state index contributed by atoms with van der Waals surface area (Å²) in [5.41, 5.74) is 1.38. The van der Waals surface area contributed by atoms with E-state index in [0.29, 0.717) is 5.69 Å². The maximum absolute atomic E-state index is 13.2. The first-order valence-corrected chi connectivity index (χ1v) is 7.70. The lowest BCUT2D eigenvalue weighted by Gasteiger charge is -2.07. The zero-order chi connectivity index (χ0) is 18.5. The summed E-state index contributed by atoms with van der Waals surface area (Å²) in [7, 11) is 0. The molecular formula is C19H14F2N2O3. The third kappa shape index (κ3) is 4.13. The van der Waals surface area contributed by atoms with Crippen LogP contribution in [0, 0.1) is 11.6 Å². The lowest BCUT2D eigenvalue weighted by molar-refractivity contribution is 0.0949. The number of furan rings is 1. The molecule has 0 atom stereocenters. The molecule has 0 spiro atoms. The number of anilines is 1. The fourth-order valence-electron chi connectivity index (χ4n) is 2.23. The van der Waals surface area contributed by atoms with Gasteiger partial charge in [0.1, 0.15) is 0 Å². The fraction of sp³-hybridized carbons (Fsp3) is 0.0526. The molecule has 0 fully saturated rings. The van der Waals surface area contributed by atoms with Gasteiger partial charge in [-0.15, -0.1) is 0 Å². The van der Waals surface area contributed by atoms with Gasteiger partial charge in [0.15, 0.2) is 17.4 Å². The minimum atomic E-state index is -1.07. The third-order valence-electron chi connectivity index (χ3n) is 3.59. The third-order valence-corrected chi connectivity index (χ3v) is 3.59. The lowest BCUT2D eigenvalue weighted by Crippen LogP contribution is -2.23. The van der Waals surface area contributed by atoms with Crippen LogP contribution in [0.4, 0.5) is 14.5 Å². The second-order valence-electron chi connectivity index (χ2n) is 5.44. The molecule has 0 bridgehead atoms. The van der Waals surface area contributed by atoms with Gasteiger partial charge in [-0.3, -0.25) is 9.59 Å². The van der Waals surface area contributed by atoms with Crippen molar-refractivity contribution in [2.24, 2.45) is 0 Å². The Morgan fingerprint density at radius 3 is 2.35 bits per heavy atom. The van der Waals surface area contributed by atoms with Crippen LogP contribution in [0.1, 0.15) is 26.5 Å². The highest BCUT2D eigenvalue weighted by Crippen LogP contribution is 2.13. The first-order chi connectivity index (χ1) is 12.5. The molecule has 5 nitrogen and oxygen atoms in total. The van der Waals surface area contributed by atoms with Crippen molar-refractivity contribution in [2.75, 3.05) is 5.32 Å². The quantitative estimate of drug-likeness (QED) is 0.732. The minimum absolute atomic E-state index is 0.0335. The highest BCUT2D eigenvalue weighted by molar-refractivity contribution is 6.02. The van der Waals surface area contributed by atoms with Crippen molar-refractivity contribution in [1.29, 1.82) is 0 Å². The molecule has 1 heterocycles. The van der Waals surface area contributed by atoms with E-state index in [9.17, 15) is 18.4 Å². The van der Waals surface area contributed by atoms with E-state index in [2.05, 4.69) is 10.6 Å². The number of carbonyl (C=O) groups excluding carboxylic acids is 2. The van der Waals surface area contributed by atoms with Gasteiger partial charge in [-0.2, -0.15) is 0 Å². The van der Waals surface area contributed by atoms with Crippen LogP contribution in [0.2, 0.25) is 0 Å². The molecule has 7 heteroatoms. The van der Waals surface area contributed by atoms with Crippen LogP contribution in [-0.2, 0) is 6.54 Å². The van der Waals surface area contributed by atoms with Gasteiger partial charge >= 0.3 is 0 Å². The van der Waals surface area contributed by atoms with Crippen LogP contribution in [0.25, 0.3) is 0 Å². The van der Waals surface area contributed by atoms with Gasteiger partial charge in [0.05, 0.1) is 6.26 Å². The van der Waals surface area contributed by atoms with Crippen LogP contribution in [0.15, 0.2) is 65.3 Å². The SMILES string of the molecule is O=C(NCc1ccc(NC(=O)c2ccco2)cc1)c1ccc(F)c(F)c1. The number of carbonyl (C=O) groups is 2. The van der Waals surface area contributed by atoms with E-state index in [1.807, 2.05) is 0 Å². The molecule has 0 saturated heterocycles. The predicted molar refractivity (Wildman–Crippen MR) is 90.6 cm³/mol. The van der Waals surface area contributed by atoms with Crippen molar-refractivity contribution in [3.05, 3.63) is 89.4 Å². The van der Waals surface area contributed by atoms with Crippen molar-refractivity contribution in [3.63, 3.8) is 0 Å². The van der Waals surface area contributed by atoms with Crippen molar-refractivity contribution in [1.82, 2.24) is 5.32 Å². The summed E-state index contributed by atoms with van der Waals surface area (Å²) in [6.45, 7) is 0.199. The lowest BCUT2D eigenvalue weighted by atomic mass is 10.1. The number of nitrogens with one attached hydrogen (secondary N) is 2. The van der Waals surface area contributed by atoms with Gasteiger partial charge in [0, 0.05) is 17.8 Å². The average molecular weight is 356 g/mol. The molecule has 0 aliphatic rings. The van der Waals surface area contributed by atoms with Crippen LogP contribution in [0.5, 0.6) is 0 Å². The second-order valence-corrected chi connectivity index (χ2v) is 5.44. The number of halogens is 2. The Hall–Kier alpha value is -3.48. The molecular weight excluding hydrogens is 342 g/mol. The molecule has 132 valence electrons. The zero-order valence-electron chi connectivity index (χ0n) is 13.5. The largest absolute Gasteiger partial charge is 0.459 e. The number of hydrogen-bond donors (Lipinski definition) is 2. The Kier molecular flexibility index (Phi) is 5.07. The van der Waals surface area contributed by atoms with Crippen molar-refractivity contribution < 1.29 is 22.8 Å². The van der Waals surface area contributed by atoms with Crippen LogP contribution in [-0.4, -0.2) is 11.8 Å². The molecule has 0 radical (unpaired) electrons. The standard InChI is InChI=1S/C19H14F2N2O3/c20-15-8-5-13(10-16(15)21)18(24)22-11-12-3-6-14(7-4-12)23-19(25)17-2-1-9-26-17/h1-10H,11H2,(H,22,24)(H,23,25). The van der Waals surface area contributed by atoms with E-state index in [1.54, 1.807) is 36.4 Å². The van der Waals surface area contributed by atoms with Crippen molar-refractivity contribution in [3.8, 4) is 0 Å². The Morgan fingerprint density at radius 2 is 1.69 bits per heavy atom. The monoisotopic (exact) mass is 356 g/mol. The highest BCUT2D eigenvalue weighted by Gasteiger charge is 2.10. The Labute approximate surface area is 147 Å². The van der Waals surface area contributed by atoms with Gasteiger partial charge in [0.2, 0.25) is 0 Å². The Morgan fingerprint density at radius 1 is 0.923 bits per heavy atom. The maximum atomic E-state index is 13.2. The second kappa shape index (κ2) is 7.60.